The third-order valence-corrected chi connectivity index (χ3v) is 3.73. The van der Waals surface area contributed by atoms with Crippen molar-refractivity contribution in [3.63, 3.8) is 0 Å². The van der Waals surface area contributed by atoms with Crippen molar-refractivity contribution in [1.29, 1.82) is 0 Å². The zero-order valence-corrected chi connectivity index (χ0v) is 14.4. The molecule has 1 aromatic rings. The molecular weight excluding hydrogens is 304 g/mol. The molecule has 0 spiro atoms. The standard InChI is InChI=1S/C18H24N4O2/c1-14-11-16(12-21(3)20-14)7-6-10-23-18-9-5-4-8-17(18)22-13-19-15(2)24-22/h4-5,8-9,11-13,15,20H,6-7,10H2,1-3H3. The van der Waals surface area contributed by atoms with Gasteiger partial charge in [0.1, 0.15) is 17.8 Å². The summed E-state index contributed by atoms with van der Waals surface area (Å²) in [5.41, 5.74) is 6.55. The Morgan fingerprint density at radius 3 is 2.92 bits per heavy atom. The lowest BCUT2D eigenvalue weighted by atomic mass is 10.1. The van der Waals surface area contributed by atoms with Crippen LogP contribution in [0.1, 0.15) is 26.7 Å². The lowest BCUT2D eigenvalue weighted by Gasteiger charge is -2.23. The van der Waals surface area contributed by atoms with E-state index in [0.29, 0.717) is 6.61 Å². The number of nitrogens with one attached hydrogen (secondary N) is 1. The van der Waals surface area contributed by atoms with E-state index in [9.17, 15) is 0 Å². The molecule has 3 rings (SSSR count). The van der Waals surface area contributed by atoms with Crippen LogP contribution in [0.15, 0.2) is 52.8 Å². The quantitative estimate of drug-likeness (QED) is 0.813. The van der Waals surface area contributed by atoms with Crippen LogP contribution in [-0.2, 0) is 4.84 Å². The number of para-hydroxylation sites is 2. The predicted octanol–water partition coefficient (Wildman–Crippen LogP) is 3.21. The van der Waals surface area contributed by atoms with Crippen LogP contribution in [0.3, 0.4) is 0 Å². The summed E-state index contributed by atoms with van der Waals surface area (Å²) in [6.07, 6.45) is 7.74. The van der Waals surface area contributed by atoms with Crippen LogP contribution in [-0.4, -0.2) is 31.2 Å². The van der Waals surface area contributed by atoms with Crippen molar-refractivity contribution >= 4 is 12.0 Å². The van der Waals surface area contributed by atoms with Crippen LogP contribution in [0, 0.1) is 0 Å². The molecule has 6 nitrogen and oxygen atoms in total. The van der Waals surface area contributed by atoms with Crippen LogP contribution in [0.2, 0.25) is 0 Å². The van der Waals surface area contributed by atoms with E-state index in [1.165, 1.54) is 5.57 Å². The van der Waals surface area contributed by atoms with E-state index >= 15 is 0 Å². The molecule has 0 radical (unpaired) electrons. The van der Waals surface area contributed by atoms with Crippen molar-refractivity contribution in [3.8, 4) is 5.75 Å². The molecule has 1 unspecified atom stereocenters. The first kappa shape index (κ1) is 16.4. The van der Waals surface area contributed by atoms with Crippen LogP contribution in [0.5, 0.6) is 5.75 Å². The van der Waals surface area contributed by atoms with E-state index in [-0.39, 0.29) is 6.23 Å². The number of anilines is 1. The minimum Gasteiger partial charge on any atom is -0.491 e. The van der Waals surface area contributed by atoms with Crippen LogP contribution in [0.25, 0.3) is 0 Å². The summed E-state index contributed by atoms with van der Waals surface area (Å²) in [7, 11) is 2.00. The Morgan fingerprint density at radius 2 is 2.17 bits per heavy atom. The van der Waals surface area contributed by atoms with E-state index in [2.05, 4.69) is 29.6 Å². The fourth-order valence-corrected chi connectivity index (χ4v) is 2.76. The van der Waals surface area contributed by atoms with Gasteiger partial charge < -0.3 is 10.2 Å². The number of hydrogen-bond acceptors (Lipinski definition) is 6. The van der Waals surface area contributed by atoms with Gasteiger partial charge in [0, 0.05) is 18.9 Å². The SMILES string of the molecule is CC1=CC(CCCOc2ccccc2N2C=NC(C)O2)=CN(C)N1. The summed E-state index contributed by atoms with van der Waals surface area (Å²) in [5, 5.41) is 3.64. The highest BCUT2D eigenvalue weighted by Gasteiger charge is 2.18. The maximum Gasteiger partial charge on any atom is 0.174 e. The van der Waals surface area contributed by atoms with Gasteiger partial charge in [0.25, 0.3) is 0 Å². The molecule has 0 amide bonds. The lowest BCUT2D eigenvalue weighted by Crippen LogP contribution is -2.30. The molecule has 24 heavy (non-hydrogen) atoms. The highest BCUT2D eigenvalue weighted by atomic mass is 16.7. The number of rotatable bonds is 6. The topological polar surface area (TPSA) is 49.3 Å². The highest BCUT2D eigenvalue weighted by molar-refractivity contribution is 5.80. The fourth-order valence-electron chi connectivity index (χ4n) is 2.76. The van der Waals surface area contributed by atoms with Gasteiger partial charge in [-0.1, -0.05) is 12.1 Å². The van der Waals surface area contributed by atoms with Gasteiger partial charge in [-0.05, 0) is 50.5 Å². The molecule has 1 aromatic carbocycles. The number of hydrogen-bond donors (Lipinski definition) is 1. The Labute approximate surface area is 143 Å². The first-order chi connectivity index (χ1) is 11.6. The molecule has 1 N–H and O–H groups in total. The molecular formula is C18H24N4O2. The van der Waals surface area contributed by atoms with E-state index in [4.69, 9.17) is 9.57 Å². The molecule has 2 heterocycles. The maximum absolute atomic E-state index is 5.97. The average Bonchev–Trinajstić information content (AvgIpc) is 2.97. The summed E-state index contributed by atoms with van der Waals surface area (Å²) in [6, 6.07) is 7.85. The van der Waals surface area contributed by atoms with Crippen molar-refractivity contribution in [2.24, 2.45) is 4.99 Å². The van der Waals surface area contributed by atoms with Crippen molar-refractivity contribution in [1.82, 2.24) is 10.4 Å². The molecule has 0 aliphatic carbocycles. The number of nitrogens with zero attached hydrogens (tertiary/aromatic N) is 3. The summed E-state index contributed by atoms with van der Waals surface area (Å²) in [4.78, 5) is 9.82. The van der Waals surface area contributed by atoms with Gasteiger partial charge in [-0.15, -0.1) is 0 Å². The Kier molecular flexibility index (Phi) is 5.05. The monoisotopic (exact) mass is 328 g/mol. The van der Waals surface area contributed by atoms with Crippen LogP contribution in [0.4, 0.5) is 5.69 Å². The Bertz CT molecular complexity index is 669. The van der Waals surface area contributed by atoms with Crippen LogP contribution >= 0.6 is 0 Å². The van der Waals surface area contributed by atoms with Gasteiger partial charge >= 0.3 is 0 Å². The fraction of sp³-hybridized carbons (Fsp3) is 0.389. The van der Waals surface area contributed by atoms with Crippen molar-refractivity contribution in [2.45, 2.75) is 32.9 Å². The highest BCUT2D eigenvalue weighted by Crippen LogP contribution is 2.30. The number of hydrazine groups is 1. The molecule has 6 heteroatoms. The summed E-state index contributed by atoms with van der Waals surface area (Å²) in [6.45, 7) is 4.62. The third kappa shape index (κ3) is 4.08. The summed E-state index contributed by atoms with van der Waals surface area (Å²) >= 11 is 0. The molecule has 128 valence electrons. The van der Waals surface area contributed by atoms with Gasteiger partial charge in [-0.3, -0.25) is 5.01 Å². The second-order valence-corrected chi connectivity index (χ2v) is 5.97. The zero-order chi connectivity index (χ0) is 16.9. The largest absolute Gasteiger partial charge is 0.491 e. The molecule has 0 fully saturated rings. The van der Waals surface area contributed by atoms with Crippen molar-refractivity contribution in [2.75, 3.05) is 18.7 Å². The molecule has 2 aliphatic rings. The maximum atomic E-state index is 5.97. The number of benzene rings is 1. The lowest BCUT2D eigenvalue weighted by molar-refractivity contribution is 0.0999. The molecule has 1 atom stereocenters. The van der Waals surface area contributed by atoms with Crippen molar-refractivity contribution in [3.05, 3.63) is 47.8 Å². The Hall–Kier alpha value is -2.47. The number of hydroxylamine groups is 1. The smallest absolute Gasteiger partial charge is 0.174 e. The summed E-state index contributed by atoms with van der Waals surface area (Å²) < 4.78 is 5.97. The van der Waals surface area contributed by atoms with Gasteiger partial charge in [-0.25, -0.2) is 14.9 Å². The van der Waals surface area contributed by atoms with Crippen LogP contribution < -0.4 is 15.2 Å². The second kappa shape index (κ2) is 7.40. The third-order valence-electron chi connectivity index (χ3n) is 3.73. The molecule has 0 saturated carbocycles. The average molecular weight is 328 g/mol. The molecule has 0 bridgehead atoms. The normalized spacial score (nSPS) is 19.9. The van der Waals surface area contributed by atoms with Crippen molar-refractivity contribution < 1.29 is 9.57 Å². The molecule has 0 saturated heterocycles. The predicted molar refractivity (Wildman–Crippen MR) is 95.4 cm³/mol. The van der Waals surface area contributed by atoms with Gasteiger partial charge in [0.15, 0.2) is 6.23 Å². The van der Waals surface area contributed by atoms with E-state index < -0.39 is 0 Å². The number of ether oxygens (including phenoxy) is 1. The van der Waals surface area contributed by atoms with E-state index in [1.807, 2.05) is 43.2 Å². The summed E-state index contributed by atoms with van der Waals surface area (Å²) in [5.74, 6) is 0.807. The second-order valence-electron chi connectivity index (χ2n) is 5.97. The Balaban J connectivity index is 1.53. The minimum atomic E-state index is -0.156. The number of aliphatic imine (C=N–C) groups is 1. The molecule has 0 aromatic heterocycles. The van der Waals surface area contributed by atoms with Gasteiger partial charge in [0.05, 0.1) is 6.61 Å². The van der Waals surface area contributed by atoms with E-state index in [0.717, 1.165) is 30.0 Å². The first-order valence-corrected chi connectivity index (χ1v) is 8.21. The van der Waals surface area contributed by atoms with E-state index in [1.54, 1.807) is 11.4 Å². The first-order valence-electron chi connectivity index (χ1n) is 8.21. The Morgan fingerprint density at radius 1 is 1.33 bits per heavy atom. The van der Waals surface area contributed by atoms with Gasteiger partial charge in [0.2, 0.25) is 0 Å². The van der Waals surface area contributed by atoms with Gasteiger partial charge in [-0.2, -0.15) is 0 Å². The number of allylic oxidation sites excluding steroid dienone is 3. The zero-order valence-electron chi connectivity index (χ0n) is 14.4. The minimum absolute atomic E-state index is 0.156. The molecule has 2 aliphatic heterocycles.